The fourth-order valence-electron chi connectivity index (χ4n) is 4.48. The van der Waals surface area contributed by atoms with Gasteiger partial charge in [-0.15, -0.1) is 0 Å². The van der Waals surface area contributed by atoms with E-state index >= 15 is 0 Å². The first kappa shape index (κ1) is 18.9. The number of amides is 1. The number of benzene rings is 1. The zero-order valence-electron chi connectivity index (χ0n) is 16.3. The molecule has 0 radical (unpaired) electrons. The Morgan fingerprint density at radius 1 is 1.07 bits per heavy atom. The second-order valence-electron chi connectivity index (χ2n) is 7.98. The first-order valence-electron chi connectivity index (χ1n) is 10.4. The summed E-state index contributed by atoms with van der Waals surface area (Å²) in [7, 11) is 0. The molecule has 1 aliphatic heterocycles. The Hall–Kier alpha value is -2.40. The first-order valence-corrected chi connectivity index (χ1v) is 10.4. The maximum Gasteiger partial charge on any atom is 0.251 e. The summed E-state index contributed by atoms with van der Waals surface area (Å²) in [4.78, 5) is 18.8. The van der Waals surface area contributed by atoms with Crippen LogP contribution in [0.4, 0.5) is 0 Å². The molecule has 1 saturated heterocycles. The second kappa shape index (κ2) is 9.20. The van der Waals surface area contributed by atoms with E-state index in [9.17, 15) is 4.79 Å². The fourth-order valence-corrected chi connectivity index (χ4v) is 4.48. The predicted molar refractivity (Wildman–Crippen MR) is 109 cm³/mol. The van der Waals surface area contributed by atoms with Gasteiger partial charge in [-0.05, 0) is 73.1 Å². The Balaban J connectivity index is 1.15. The van der Waals surface area contributed by atoms with Crippen molar-refractivity contribution >= 4 is 5.91 Å². The summed E-state index contributed by atoms with van der Waals surface area (Å²) in [6, 6.07) is 11.2. The molecule has 4 rings (SSSR count). The van der Waals surface area contributed by atoms with E-state index in [1.54, 1.807) is 12.4 Å². The summed E-state index contributed by atoms with van der Waals surface area (Å²) in [5.41, 5.74) is 1.68. The Bertz CT molecular complexity index is 751. The Labute approximate surface area is 167 Å². The highest BCUT2D eigenvalue weighted by atomic mass is 16.5. The average Bonchev–Trinajstić information content (AvgIpc) is 3.32. The highest BCUT2D eigenvalue weighted by molar-refractivity contribution is 5.94. The van der Waals surface area contributed by atoms with Gasteiger partial charge in [0.15, 0.2) is 0 Å². The van der Waals surface area contributed by atoms with Crippen molar-refractivity contribution in [1.82, 2.24) is 15.2 Å². The van der Waals surface area contributed by atoms with Crippen molar-refractivity contribution in [3.63, 3.8) is 0 Å². The number of carbonyl (C=O) groups is 1. The summed E-state index contributed by atoms with van der Waals surface area (Å²) in [5, 5.41) is 2.92. The smallest absolute Gasteiger partial charge is 0.251 e. The molecule has 148 valence electrons. The zero-order valence-corrected chi connectivity index (χ0v) is 16.3. The molecule has 1 aromatic carbocycles. The number of pyridine rings is 1. The van der Waals surface area contributed by atoms with E-state index in [1.165, 1.54) is 32.4 Å². The largest absolute Gasteiger partial charge is 0.494 e. The number of ether oxygens (including phenoxy) is 1. The van der Waals surface area contributed by atoms with Gasteiger partial charge in [0.25, 0.3) is 5.91 Å². The lowest BCUT2D eigenvalue weighted by atomic mass is 10.0. The van der Waals surface area contributed by atoms with Gasteiger partial charge in [0.1, 0.15) is 5.75 Å². The van der Waals surface area contributed by atoms with Gasteiger partial charge >= 0.3 is 0 Å². The van der Waals surface area contributed by atoms with E-state index in [0.29, 0.717) is 12.1 Å². The van der Waals surface area contributed by atoms with Gasteiger partial charge in [-0.1, -0.05) is 6.42 Å². The van der Waals surface area contributed by atoms with Crippen molar-refractivity contribution in [2.24, 2.45) is 11.8 Å². The molecular weight excluding hydrogens is 350 g/mol. The monoisotopic (exact) mass is 379 g/mol. The van der Waals surface area contributed by atoms with Crippen LogP contribution in [0.15, 0.2) is 48.8 Å². The third-order valence-electron chi connectivity index (χ3n) is 6.01. The number of hydrogen-bond donors (Lipinski definition) is 1. The highest BCUT2D eigenvalue weighted by Crippen LogP contribution is 2.37. The van der Waals surface area contributed by atoms with Crippen LogP contribution in [-0.2, 0) is 6.54 Å². The van der Waals surface area contributed by atoms with Crippen molar-refractivity contribution in [3.05, 3.63) is 59.9 Å². The van der Waals surface area contributed by atoms with Crippen LogP contribution < -0.4 is 10.1 Å². The number of rotatable bonds is 8. The second-order valence-corrected chi connectivity index (χ2v) is 7.98. The molecule has 1 aliphatic carbocycles. The van der Waals surface area contributed by atoms with Gasteiger partial charge in [-0.25, -0.2) is 0 Å². The Morgan fingerprint density at radius 3 is 2.50 bits per heavy atom. The van der Waals surface area contributed by atoms with Crippen molar-refractivity contribution in [2.45, 2.75) is 32.2 Å². The molecule has 2 aliphatic rings. The summed E-state index contributed by atoms with van der Waals surface area (Å²) in [5.74, 6) is 2.66. The minimum Gasteiger partial charge on any atom is -0.494 e. The van der Waals surface area contributed by atoms with Crippen LogP contribution in [0.5, 0.6) is 5.75 Å². The number of carbonyl (C=O) groups excluding carboxylic acids is 1. The SMILES string of the molecule is O=C(NCc1ccncc1)c1ccc(OCCCN2CC3CCCC3C2)cc1. The molecule has 2 atom stereocenters. The molecule has 0 bridgehead atoms. The van der Waals surface area contributed by atoms with E-state index in [0.717, 1.165) is 42.7 Å². The van der Waals surface area contributed by atoms with E-state index in [2.05, 4.69) is 15.2 Å². The van der Waals surface area contributed by atoms with Crippen LogP contribution in [0.1, 0.15) is 41.6 Å². The normalized spacial score (nSPS) is 21.4. The first-order chi connectivity index (χ1) is 13.8. The van der Waals surface area contributed by atoms with E-state index in [4.69, 9.17) is 4.74 Å². The molecule has 1 saturated carbocycles. The van der Waals surface area contributed by atoms with Gasteiger partial charge in [-0.3, -0.25) is 9.78 Å². The van der Waals surface area contributed by atoms with Gasteiger partial charge < -0.3 is 15.0 Å². The molecule has 5 heteroatoms. The summed E-state index contributed by atoms with van der Waals surface area (Å²) in [6.45, 7) is 4.92. The van der Waals surface area contributed by atoms with E-state index in [-0.39, 0.29) is 5.91 Å². The summed E-state index contributed by atoms with van der Waals surface area (Å²) in [6.07, 6.45) is 8.80. The van der Waals surface area contributed by atoms with Crippen LogP contribution in [0, 0.1) is 11.8 Å². The Kier molecular flexibility index (Phi) is 6.22. The zero-order chi connectivity index (χ0) is 19.2. The molecule has 1 N–H and O–H groups in total. The lowest BCUT2D eigenvalue weighted by Crippen LogP contribution is -2.24. The van der Waals surface area contributed by atoms with E-state index < -0.39 is 0 Å². The van der Waals surface area contributed by atoms with Crippen LogP contribution in [0.3, 0.4) is 0 Å². The van der Waals surface area contributed by atoms with Crippen LogP contribution >= 0.6 is 0 Å². The maximum absolute atomic E-state index is 12.2. The third-order valence-corrected chi connectivity index (χ3v) is 6.01. The number of likely N-dealkylation sites (tertiary alicyclic amines) is 1. The van der Waals surface area contributed by atoms with Crippen molar-refractivity contribution in [2.75, 3.05) is 26.2 Å². The van der Waals surface area contributed by atoms with Crippen molar-refractivity contribution in [3.8, 4) is 5.75 Å². The van der Waals surface area contributed by atoms with Crippen molar-refractivity contribution < 1.29 is 9.53 Å². The fraction of sp³-hybridized carbons (Fsp3) is 0.478. The van der Waals surface area contributed by atoms with Gasteiger partial charge in [0.2, 0.25) is 0 Å². The van der Waals surface area contributed by atoms with Gasteiger partial charge in [0.05, 0.1) is 6.61 Å². The molecule has 0 spiro atoms. The number of fused-ring (bicyclic) bond motifs is 1. The predicted octanol–water partition coefficient (Wildman–Crippen LogP) is 3.51. The molecule has 2 aromatic rings. The minimum absolute atomic E-state index is 0.0806. The summed E-state index contributed by atoms with van der Waals surface area (Å²) < 4.78 is 5.86. The maximum atomic E-state index is 12.2. The molecule has 2 heterocycles. The third kappa shape index (κ3) is 4.90. The lowest BCUT2D eigenvalue weighted by Gasteiger charge is -2.16. The molecule has 2 fully saturated rings. The summed E-state index contributed by atoms with van der Waals surface area (Å²) >= 11 is 0. The van der Waals surface area contributed by atoms with Crippen LogP contribution in [0.2, 0.25) is 0 Å². The quantitative estimate of drug-likeness (QED) is 0.713. The minimum atomic E-state index is -0.0806. The topological polar surface area (TPSA) is 54.5 Å². The molecular formula is C23H29N3O2. The standard InChI is InChI=1S/C23H29N3O2/c27-23(25-15-18-9-11-24-12-10-18)19-5-7-22(8-6-19)28-14-2-13-26-16-20-3-1-4-21(20)17-26/h5-12,20-21H,1-4,13-17H2,(H,25,27). The molecule has 28 heavy (non-hydrogen) atoms. The number of hydrogen-bond acceptors (Lipinski definition) is 4. The van der Waals surface area contributed by atoms with Gasteiger partial charge in [-0.2, -0.15) is 0 Å². The average molecular weight is 380 g/mol. The molecule has 2 unspecified atom stereocenters. The number of aromatic nitrogens is 1. The number of nitrogens with zero attached hydrogens (tertiary/aromatic N) is 2. The van der Waals surface area contributed by atoms with Crippen molar-refractivity contribution in [1.29, 1.82) is 0 Å². The molecule has 1 aromatic heterocycles. The van der Waals surface area contributed by atoms with Crippen LogP contribution in [-0.4, -0.2) is 42.0 Å². The lowest BCUT2D eigenvalue weighted by molar-refractivity contribution is 0.0951. The van der Waals surface area contributed by atoms with Gasteiger partial charge in [0, 0.05) is 44.1 Å². The highest BCUT2D eigenvalue weighted by Gasteiger charge is 2.35. The molecule has 1 amide bonds. The number of nitrogens with one attached hydrogen (secondary N) is 1. The molecule has 5 nitrogen and oxygen atoms in total. The Morgan fingerprint density at radius 2 is 1.79 bits per heavy atom. The van der Waals surface area contributed by atoms with E-state index in [1.807, 2.05) is 36.4 Å². The van der Waals surface area contributed by atoms with Crippen LogP contribution in [0.25, 0.3) is 0 Å².